The Balaban J connectivity index is 1.40. The molecule has 1 amide bonds. The maximum Gasteiger partial charge on any atom is 0.258 e. The number of carbonyl (C=O) groups excluding carboxylic acids is 1. The zero-order chi connectivity index (χ0) is 20.4. The number of fused-ring (bicyclic) bond motifs is 1. The Hall–Kier alpha value is -3.35. The van der Waals surface area contributed by atoms with Gasteiger partial charge < -0.3 is 9.88 Å². The number of halogens is 2. The Morgan fingerprint density at radius 1 is 1.21 bits per heavy atom. The van der Waals surface area contributed by atoms with Crippen molar-refractivity contribution >= 4 is 22.3 Å². The topological polar surface area (TPSA) is 66.1 Å². The van der Waals surface area contributed by atoms with Crippen molar-refractivity contribution in [1.82, 2.24) is 14.9 Å². The number of H-pyrrole nitrogens is 1. The van der Waals surface area contributed by atoms with Gasteiger partial charge in [-0.3, -0.25) is 9.59 Å². The van der Waals surface area contributed by atoms with Gasteiger partial charge >= 0.3 is 0 Å². The molecule has 7 heteroatoms. The molecule has 1 aliphatic rings. The van der Waals surface area contributed by atoms with Crippen LogP contribution in [0.3, 0.4) is 0 Å². The maximum atomic E-state index is 13.8. The van der Waals surface area contributed by atoms with Crippen LogP contribution in [-0.4, -0.2) is 33.9 Å². The van der Waals surface area contributed by atoms with Gasteiger partial charge in [-0.05, 0) is 53.6 Å². The third-order valence-corrected chi connectivity index (χ3v) is 5.14. The first-order valence-electron chi connectivity index (χ1n) is 9.40. The number of aryl methyl sites for hydroxylation is 1. The van der Waals surface area contributed by atoms with Crippen LogP contribution in [0.1, 0.15) is 24.1 Å². The monoisotopic (exact) mass is 395 g/mol. The van der Waals surface area contributed by atoms with E-state index in [0.717, 1.165) is 11.1 Å². The lowest BCUT2D eigenvalue weighted by Crippen LogP contribution is -2.34. The van der Waals surface area contributed by atoms with E-state index in [1.807, 2.05) is 6.08 Å². The van der Waals surface area contributed by atoms with E-state index in [9.17, 15) is 18.4 Å². The average molecular weight is 395 g/mol. The molecule has 0 bridgehead atoms. The van der Waals surface area contributed by atoms with Crippen molar-refractivity contribution in [1.29, 1.82) is 0 Å². The fourth-order valence-electron chi connectivity index (χ4n) is 3.59. The lowest BCUT2D eigenvalue weighted by atomic mass is 10.0. The number of nitrogens with zero attached hydrogens (tertiary/aromatic N) is 2. The molecule has 0 unspecified atom stereocenters. The first-order valence-corrected chi connectivity index (χ1v) is 9.40. The molecule has 0 aliphatic carbocycles. The molecule has 5 nitrogen and oxygen atoms in total. The van der Waals surface area contributed by atoms with Crippen LogP contribution in [0.25, 0.3) is 16.3 Å². The molecular weight excluding hydrogens is 376 g/mol. The van der Waals surface area contributed by atoms with E-state index in [1.54, 1.807) is 29.2 Å². The van der Waals surface area contributed by atoms with Crippen LogP contribution in [0.2, 0.25) is 0 Å². The standard InChI is InChI=1S/C22H19F2N3O2/c23-18-3-1-2-15-12-17(26-22(29)21(15)18)5-7-20(28)27-10-8-14(9-11-27)16-4-6-19(24)25-13-16/h1-4,6,8,12-13H,5,7,9-11H2,(H,26,29). The molecule has 1 N–H and O–H groups in total. The van der Waals surface area contributed by atoms with Gasteiger partial charge in [0.1, 0.15) is 5.82 Å². The number of carbonyl (C=O) groups is 1. The zero-order valence-corrected chi connectivity index (χ0v) is 15.6. The van der Waals surface area contributed by atoms with Crippen LogP contribution in [-0.2, 0) is 11.2 Å². The largest absolute Gasteiger partial charge is 0.339 e. The summed E-state index contributed by atoms with van der Waals surface area (Å²) < 4.78 is 26.8. The Morgan fingerprint density at radius 2 is 2.07 bits per heavy atom. The third-order valence-electron chi connectivity index (χ3n) is 5.14. The predicted octanol–water partition coefficient (Wildman–Crippen LogP) is 3.45. The van der Waals surface area contributed by atoms with Crippen LogP contribution in [0.15, 0.2) is 53.5 Å². The SMILES string of the molecule is O=C(CCc1cc2cccc(F)c2c(=O)[nH]1)N1CC=C(c2ccc(F)nc2)CC1. The van der Waals surface area contributed by atoms with Crippen molar-refractivity contribution in [2.75, 3.05) is 13.1 Å². The van der Waals surface area contributed by atoms with Gasteiger partial charge in [0.15, 0.2) is 0 Å². The number of benzene rings is 1. The summed E-state index contributed by atoms with van der Waals surface area (Å²) in [6, 6.07) is 9.21. The van der Waals surface area contributed by atoms with Gasteiger partial charge in [0.25, 0.3) is 5.56 Å². The molecular formula is C22H19F2N3O2. The van der Waals surface area contributed by atoms with E-state index in [0.29, 0.717) is 37.0 Å². The fourth-order valence-corrected chi connectivity index (χ4v) is 3.59. The molecule has 4 rings (SSSR count). The van der Waals surface area contributed by atoms with E-state index in [2.05, 4.69) is 9.97 Å². The molecule has 29 heavy (non-hydrogen) atoms. The molecule has 3 aromatic rings. The molecule has 0 saturated heterocycles. The number of aromatic amines is 1. The van der Waals surface area contributed by atoms with Crippen LogP contribution in [0.5, 0.6) is 0 Å². The molecule has 2 aromatic heterocycles. The van der Waals surface area contributed by atoms with Gasteiger partial charge in [0.05, 0.1) is 5.39 Å². The van der Waals surface area contributed by atoms with Gasteiger partial charge in [-0.1, -0.05) is 18.2 Å². The number of nitrogens with one attached hydrogen (secondary N) is 1. The zero-order valence-electron chi connectivity index (χ0n) is 15.6. The first kappa shape index (κ1) is 19.0. The van der Waals surface area contributed by atoms with Crippen molar-refractivity contribution < 1.29 is 13.6 Å². The molecule has 0 spiro atoms. The van der Waals surface area contributed by atoms with Gasteiger partial charge in [0, 0.05) is 31.4 Å². The van der Waals surface area contributed by atoms with Crippen molar-refractivity contribution in [2.45, 2.75) is 19.3 Å². The Morgan fingerprint density at radius 3 is 2.79 bits per heavy atom. The summed E-state index contributed by atoms with van der Waals surface area (Å²) in [6.45, 7) is 1.05. The summed E-state index contributed by atoms with van der Waals surface area (Å²) in [5.74, 6) is -1.09. The summed E-state index contributed by atoms with van der Waals surface area (Å²) in [5.41, 5.74) is 2.02. The molecule has 3 heterocycles. The maximum absolute atomic E-state index is 13.8. The number of pyridine rings is 2. The highest BCUT2D eigenvalue weighted by Crippen LogP contribution is 2.22. The summed E-state index contributed by atoms with van der Waals surface area (Å²) in [5, 5.41) is 0.557. The third kappa shape index (κ3) is 4.08. The lowest BCUT2D eigenvalue weighted by Gasteiger charge is -2.26. The van der Waals surface area contributed by atoms with Crippen LogP contribution in [0.4, 0.5) is 8.78 Å². The Bertz CT molecular complexity index is 1150. The summed E-state index contributed by atoms with van der Waals surface area (Å²) in [7, 11) is 0. The number of rotatable bonds is 4. The van der Waals surface area contributed by atoms with Crippen molar-refractivity contribution in [3.05, 3.63) is 82.0 Å². The molecule has 1 aromatic carbocycles. The second-order valence-corrected chi connectivity index (χ2v) is 7.02. The van der Waals surface area contributed by atoms with Gasteiger partial charge in [0.2, 0.25) is 11.9 Å². The Labute approximate surface area is 165 Å². The van der Waals surface area contributed by atoms with Crippen LogP contribution >= 0.6 is 0 Å². The van der Waals surface area contributed by atoms with Crippen molar-refractivity contribution in [2.24, 2.45) is 0 Å². The summed E-state index contributed by atoms with van der Waals surface area (Å²) in [4.78, 5) is 32.8. The van der Waals surface area contributed by atoms with E-state index in [4.69, 9.17) is 0 Å². The van der Waals surface area contributed by atoms with E-state index in [1.165, 1.54) is 18.3 Å². The number of hydrogen-bond donors (Lipinski definition) is 1. The second kappa shape index (κ2) is 7.95. The number of hydrogen-bond acceptors (Lipinski definition) is 3. The normalized spacial score (nSPS) is 14.1. The van der Waals surface area contributed by atoms with E-state index in [-0.39, 0.29) is 17.7 Å². The smallest absolute Gasteiger partial charge is 0.258 e. The minimum Gasteiger partial charge on any atom is -0.339 e. The fraction of sp³-hybridized carbons (Fsp3) is 0.227. The number of aromatic nitrogens is 2. The average Bonchev–Trinajstić information content (AvgIpc) is 2.72. The quantitative estimate of drug-likeness (QED) is 0.688. The first-order chi connectivity index (χ1) is 14.0. The summed E-state index contributed by atoms with van der Waals surface area (Å²) >= 11 is 0. The minimum absolute atomic E-state index is 0.0160. The van der Waals surface area contributed by atoms with Crippen LogP contribution < -0.4 is 5.56 Å². The lowest BCUT2D eigenvalue weighted by molar-refractivity contribution is -0.130. The van der Waals surface area contributed by atoms with E-state index >= 15 is 0 Å². The highest BCUT2D eigenvalue weighted by molar-refractivity contribution is 5.83. The second-order valence-electron chi connectivity index (χ2n) is 7.02. The van der Waals surface area contributed by atoms with Gasteiger partial charge in [-0.15, -0.1) is 0 Å². The van der Waals surface area contributed by atoms with Gasteiger partial charge in [-0.25, -0.2) is 9.37 Å². The predicted molar refractivity (Wildman–Crippen MR) is 106 cm³/mol. The summed E-state index contributed by atoms with van der Waals surface area (Å²) in [6.07, 6.45) is 4.74. The van der Waals surface area contributed by atoms with Crippen molar-refractivity contribution in [3.63, 3.8) is 0 Å². The molecule has 148 valence electrons. The molecule has 0 atom stereocenters. The highest BCUT2D eigenvalue weighted by atomic mass is 19.1. The molecule has 0 saturated carbocycles. The van der Waals surface area contributed by atoms with Crippen molar-refractivity contribution in [3.8, 4) is 0 Å². The highest BCUT2D eigenvalue weighted by Gasteiger charge is 2.18. The Kier molecular flexibility index (Phi) is 5.20. The minimum atomic E-state index is -0.557. The number of amides is 1. The van der Waals surface area contributed by atoms with Crippen LogP contribution in [0, 0.1) is 11.8 Å². The van der Waals surface area contributed by atoms with E-state index < -0.39 is 17.3 Å². The van der Waals surface area contributed by atoms with Gasteiger partial charge in [-0.2, -0.15) is 4.39 Å². The molecule has 0 radical (unpaired) electrons. The molecule has 0 fully saturated rings. The molecule has 1 aliphatic heterocycles.